The van der Waals surface area contributed by atoms with Crippen LogP contribution in [0, 0.1) is 11.9 Å². The second-order valence-corrected chi connectivity index (χ2v) is 6.41. The lowest BCUT2D eigenvalue weighted by atomic mass is 10.1. The van der Waals surface area contributed by atoms with Crippen molar-refractivity contribution in [2.75, 3.05) is 6.79 Å². The average molecular weight is 342 g/mol. The summed E-state index contributed by atoms with van der Waals surface area (Å²) >= 11 is 0. The van der Waals surface area contributed by atoms with Crippen molar-refractivity contribution in [2.24, 2.45) is 5.92 Å². The zero-order valence-corrected chi connectivity index (χ0v) is 14.5. The standard InChI is InChI=1S/C16H23FN2O5/c1-10(2)13(19-15(21)24-16(3,4)5)14(20)23-9-22-11-6-7-12(17)18-8-11/h6-8,10,13H,9H2,1-5H3,(H,19,21)/t13-/m0/s1. The molecule has 134 valence electrons. The third-order valence-corrected chi connectivity index (χ3v) is 2.72. The van der Waals surface area contributed by atoms with Gasteiger partial charge in [0.25, 0.3) is 0 Å². The maximum Gasteiger partial charge on any atom is 0.408 e. The molecule has 8 heteroatoms. The van der Waals surface area contributed by atoms with Gasteiger partial charge >= 0.3 is 12.1 Å². The van der Waals surface area contributed by atoms with Crippen LogP contribution in [-0.4, -0.2) is 35.5 Å². The van der Waals surface area contributed by atoms with E-state index in [1.54, 1.807) is 34.6 Å². The fraction of sp³-hybridized carbons (Fsp3) is 0.562. The summed E-state index contributed by atoms with van der Waals surface area (Å²) in [5, 5.41) is 2.48. The molecule has 7 nitrogen and oxygen atoms in total. The van der Waals surface area contributed by atoms with Gasteiger partial charge in [-0.25, -0.2) is 14.6 Å². The lowest BCUT2D eigenvalue weighted by Gasteiger charge is -2.24. The molecule has 0 aromatic carbocycles. The van der Waals surface area contributed by atoms with Gasteiger partial charge in [-0.3, -0.25) is 0 Å². The molecule has 1 aromatic heterocycles. The van der Waals surface area contributed by atoms with Crippen molar-refractivity contribution in [3.8, 4) is 5.75 Å². The normalized spacial score (nSPS) is 12.5. The second-order valence-electron chi connectivity index (χ2n) is 6.41. The molecule has 0 aliphatic carbocycles. The summed E-state index contributed by atoms with van der Waals surface area (Å²) in [5.41, 5.74) is -0.672. The Morgan fingerprint density at radius 2 is 1.96 bits per heavy atom. The van der Waals surface area contributed by atoms with E-state index in [4.69, 9.17) is 14.2 Å². The van der Waals surface area contributed by atoms with Gasteiger partial charge in [0.1, 0.15) is 17.4 Å². The van der Waals surface area contributed by atoms with Crippen molar-refractivity contribution >= 4 is 12.1 Å². The molecule has 1 rings (SSSR count). The van der Waals surface area contributed by atoms with Crippen LogP contribution in [0.1, 0.15) is 34.6 Å². The van der Waals surface area contributed by atoms with E-state index >= 15 is 0 Å². The van der Waals surface area contributed by atoms with Gasteiger partial charge < -0.3 is 19.5 Å². The highest BCUT2D eigenvalue weighted by atomic mass is 19.1. The summed E-state index contributed by atoms with van der Waals surface area (Å²) in [4.78, 5) is 27.3. The Labute approximate surface area is 140 Å². The predicted octanol–water partition coefficient (Wildman–Crippen LogP) is 2.65. The van der Waals surface area contributed by atoms with Crippen LogP contribution < -0.4 is 10.1 Å². The zero-order valence-electron chi connectivity index (χ0n) is 14.5. The first-order chi connectivity index (χ1) is 11.1. The average Bonchev–Trinajstić information content (AvgIpc) is 2.44. The molecule has 0 saturated heterocycles. The molecule has 0 radical (unpaired) electrons. The van der Waals surface area contributed by atoms with Crippen LogP contribution >= 0.6 is 0 Å². The Morgan fingerprint density at radius 1 is 1.29 bits per heavy atom. The monoisotopic (exact) mass is 342 g/mol. The molecule has 0 spiro atoms. The summed E-state index contributed by atoms with van der Waals surface area (Å²) in [6.07, 6.45) is 0.462. The summed E-state index contributed by atoms with van der Waals surface area (Å²) < 4.78 is 27.9. The first kappa shape index (κ1) is 19.7. The third kappa shape index (κ3) is 7.26. The van der Waals surface area contributed by atoms with Crippen LogP contribution in [-0.2, 0) is 14.3 Å². The van der Waals surface area contributed by atoms with Gasteiger partial charge in [-0.15, -0.1) is 0 Å². The number of alkyl carbamates (subject to hydrolysis) is 1. The largest absolute Gasteiger partial charge is 0.456 e. The van der Waals surface area contributed by atoms with Crippen LogP contribution in [0.25, 0.3) is 0 Å². The predicted molar refractivity (Wildman–Crippen MR) is 83.8 cm³/mol. The number of esters is 1. The SMILES string of the molecule is CC(C)[C@H](NC(=O)OC(C)(C)C)C(=O)OCOc1ccc(F)nc1. The molecule has 1 heterocycles. The van der Waals surface area contributed by atoms with E-state index < -0.39 is 29.7 Å². The molecular weight excluding hydrogens is 319 g/mol. The highest BCUT2D eigenvalue weighted by molar-refractivity contribution is 5.81. The van der Waals surface area contributed by atoms with Crippen molar-refractivity contribution < 1.29 is 28.2 Å². The van der Waals surface area contributed by atoms with E-state index in [0.29, 0.717) is 0 Å². The first-order valence-corrected chi connectivity index (χ1v) is 7.49. The molecule has 0 aliphatic rings. The Bertz CT molecular complexity index is 555. The number of carbonyl (C=O) groups excluding carboxylic acids is 2. The van der Waals surface area contributed by atoms with Gasteiger partial charge in [-0.1, -0.05) is 13.8 Å². The number of nitrogens with zero attached hydrogens (tertiary/aromatic N) is 1. The van der Waals surface area contributed by atoms with E-state index in [0.717, 1.165) is 6.07 Å². The van der Waals surface area contributed by atoms with E-state index in [-0.39, 0.29) is 18.5 Å². The molecule has 0 bridgehead atoms. The summed E-state index contributed by atoms with van der Waals surface area (Å²) in [6, 6.07) is 1.60. The van der Waals surface area contributed by atoms with E-state index in [1.165, 1.54) is 12.3 Å². The topological polar surface area (TPSA) is 86.8 Å². The molecule has 1 atom stereocenters. The maximum absolute atomic E-state index is 12.7. The van der Waals surface area contributed by atoms with Crippen molar-refractivity contribution in [1.82, 2.24) is 10.3 Å². The van der Waals surface area contributed by atoms with Gasteiger partial charge in [-0.05, 0) is 38.8 Å². The number of ether oxygens (including phenoxy) is 3. The van der Waals surface area contributed by atoms with Crippen molar-refractivity contribution in [1.29, 1.82) is 0 Å². The van der Waals surface area contributed by atoms with Gasteiger partial charge in [-0.2, -0.15) is 4.39 Å². The summed E-state index contributed by atoms with van der Waals surface area (Å²) in [6.45, 7) is 8.30. The van der Waals surface area contributed by atoms with Crippen LogP contribution in [0.3, 0.4) is 0 Å². The minimum Gasteiger partial charge on any atom is -0.456 e. The third-order valence-electron chi connectivity index (χ3n) is 2.72. The molecule has 0 unspecified atom stereocenters. The minimum absolute atomic E-state index is 0.211. The molecule has 1 N–H and O–H groups in total. The second kappa shape index (κ2) is 8.47. The smallest absolute Gasteiger partial charge is 0.408 e. The van der Waals surface area contributed by atoms with Crippen LogP contribution in [0.4, 0.5) is 9.18 Å². The Balaban J connectivity index is 2.51. The van der Waals surface area contributed by atoms with E-state index in [1.807, 2.05) is 0 Å². The molecule has 1 amide bonds. The van der Waals surface area contributed by atoms with E-state index in [9.17, 15) is 14.0 Å². The van der Waals surface area contributed by atoms with Gasteiger partial charge in [0, 0.05) is 0 Å². The zero-order chi connectivity index (χ0) is 18.3. The molecule has 0 saturated carbocycles. The van der Waals surface area contributed by atoms with Crippen LogP contribution in [0.5, 0.6) is 5.75 Å². The number of hydrogen-bond acceptors (Lipinski definition) is 6. The lowest BCUT2D eigenvalue weighted by molar-refractivity contribution is -0.154. The van der Waals surface area contributed by atoms with Crippen LogP contribution in [0.15, 0.2) is 18.3 Å². The fourth-order valence-corrected chi connectivity index (χ4v) is 1.63. The summed E-state index contributed by atoms with van der Waals surface area (Å²) in [7, 11) is 0. The van der Waals surface area contributed by atoms with Gasteiger partial charge in [0.15, 0.2) is 0 Å². The number of halogens is 1. The maximum atomic E-state index is 12.7. The Morgan fingerprint density at radius 3 is 2.46 bits per heavy atom. The molecular formula is C16H23FN2O5. The lowest BCUT2D eigenvalue weighted by Crippen LogP contribution is -2.47. The number of rotatable bonds is 6. The first-order valence-electron chi connectivity index (χ1n) is 7.49. The molecule has 24 heavy (non-hydrogen) atoms. The van der Waals surface area contributed by atoms with Gasteiger partial charge in [0.2, 0.25) is 12.7 Å². The molecule has 0 fully saturated rings. The minimum atomic E-state index is -0.880. The van der Waals surface area contributed by atoms with Crippen LogP contribution in [0.2, 0.25) is 0 Å². The Kier molecular flexibility index (Phi) is 6.94. The quantitative estimate of drug-likeness (QED) is 0.486. The fourth-order valence-electron chi connectivity index (χ4n) is 1.63. The highest BCUT2D eigenvalue weighted by Gasteiger charge is 2.28. The molecule has 1 aromatic rings. The van der Waals surface area contributed by atoms with Gasteiger partial charge in [0.05, 0.1) is 6.20 Å². The number of pyridine rings is 1. The van der Waals surface area contributed by atoms with Crippen molar-refractivity contribution in [3.05, 3.63) is 24.3 Å². The number of amides is 1. The molecule has 0 aliphatic heterocycles. The highest BCUT2D eigenvalue weighted by Crippen LogP contribution is 2.11. The number of hydrogen-bond donors (Lipinski definition) is 1. The number of carbonyl (C=O) groups is 2. The summed E-state index contributed by atoms with van der Waals surface area (Å²) in [5.74, 6) is -1.25. The number of aromatic nitrogens is 1. The number of nitrogens with one attached hydrogen (secondary N) is 1. The Hall–Kier alpha value is -2.38. The van der Waals surface area contributed by atoms with Crippen molar-refractivity contribution in [3.63, 3.8) is 0 Å². The van der Waals surface area contributed by atoms with E-state index in [2.05, 4.69) is 10.3 Å². The van der Waals surface area contributed by atoms with Crippen molar-refractivity contribution in [2.45, 2.75) is 46.3 Å².